The fourth-order valence-corrected chi connectivity index (χ4v) is 2.36. The van der Waals surface area contributed by atoms with Crippen LogP contribution in [0, 0.1) is 0 Å². The number of carbonyl (C=O) groups is 2. The van der Waals surface area contributed by atoms with Gasteiger partial charge >= 0.3 is 5.97 Å². The molecule has 1 amide bonds. The third-order valence-corrected chi connectivity index (χ3v) is 3.47. The molecule has 2 rings (SSSR count). The van der Waals surface area contributed by atoms with Crippen molar-refractivity contribution in [2.24, 2.45) is 0 Å². The van der Waals surface area contributed by atoms with Gasteiger partial charge in [0.05, 0.1) is 12.2 Å². The normalized spacial score (nSPS) is 18.2. The van der Waals surface area contributed by atoms with Crippen LogP contribution in [0.5, 0.6) is 0 Å². The van der Waals surface area contributed by atoms with E-state index in [2.05, 4.69) is 0 Å². The highest BCUT2D eigenvalue weighted by molar-refractivity contribution is 5.97. The average molecular weight is 293 g/mol. The third kappa shape index (κ3) is 3.80. The SMILES string of the molecule is O=C(O)c1ccc(N(CCO)C(=O)C2CCCCO2)cc1. The van der Waals surface area contributed by atoms with Gasteiger partial charge in [0.2, 0.25) is 0 Å². The Morgan fingerprint density at radius 2 is 1.95 bits per heavy atom. The van der Waals surface area contributed by atoms with E-state index < -0.39 is 12.1 Å². The number of carboxylic acid groups (broad SMARTS) is 1. The summed E-state index contributed by atoms with van der Waals surface area (Å²) in [4.78, 5) is 24.8. The van der Waals surface area contributed by atoms with Gasteiger partial charge in [-0.1, -0.05) is 0 Å². The lowest BCUT2D eigenvalue weighted by molar-refractivity contribution is -0.132. The zero-order valence-electron chi connectivity index (χ0n) is 11.7. The van der Waals surface area contributed by atoms with Crippen LogP contribution in [0.3, 0.4) is 0 Å². The van der Waals surface area contributed by atoms with Gasteiger partial charge in [0.25, 0.3) is 5.91 Å². The van der Waals surface area contributed by atoms with Gasteiger partial charge in [0.15, 0.2) is 0 Å². The molecule has 0 saturated carbocycles. The molecule has 1 heterocycles. The highest BCUT2D eigenvalue weighted by Crippen LogP contribution is 2.21. The Kier molecular flexibility index (Phi) is 5.30. The van der Waals surface area contributed by atoms with Crippen molar-refractivity contribution in [2.45, 2.75) is 25.4 Å². The number of aliphatic hydroxyl groups is 1. The van der Waals surface area contributed by atoms with Crippen LogP contribution in [0.1, 0.15) is 29.6 Å². The van der Waals surface area contributed by atoms with Crippen LogP contribution in [0.2, 0.25) is 0 Å². The van der Waals surface area contributed by atoms with Crippen LogP contribution < -0.4 is 4.90 Å². The maximum Gasteiger partial charge on any atom is 0.335 e. The minimum Gasteiger partial charge on any atom is -0.478 e. The van der Waals surface area contributed by atoms with Crippen molar-refractivity contribution in [1.82, 2.24) is 0 Å². The Balaban J connectivity index is 2.16. The van der Waals surface area contributed by atoms with E-state index in [0.29, 0.717) is 18.7 Å². The molecule has 21 heavy (non-hydrogen) atoms. The van der Waals surface area contributed by atoms with E-state index in [-0.39, 0.29) is 24.6 Å². The summed E-state index contributed by atoms with van der Waals surface area (Å²) in [5.41, 5.74) is 0.720. The third-order valence-electron chi connectivity index (χ3n) is 3.47. The van der Waals surface area contributed by atoms with Crippen molar-refractivity contribution in [1.29, 1.82) is 0 Å². The van der Waals surface area contributed by atoms with E-state index in [1.165, 1.54) is 17.0 Å². The van der Waals surface area contributed by atoms with Gasteiger partial charge in [0.1, 0.15) is 6.10 Å². The second kappa shape index (κ2) is 7.19. The van der Waals surface area contributed by atoms with Gasteiger partial charge < -0.3 is 19.8 Å². The molecule has 0 bridgehead atoms. The number of ether oxygens (including phenoxy) is 1. The van der Waals surface area contributed by atoms with E-state index in [0.717, 1.165) is 12.8 Å². The second-order valence-corrected chi connectivity index (χ2v) is 4.92. The minimum absolute atomic E-state index is 0.157. The summed E-state index contributed by atoms with van der Waals surface area (Å²) in [6, 6.07) is 6.02. The highest BCUT2D eigenvalue weighted by atomic mass is 16.5. The van der Waals surface area contributed by atoms with Crippen LogP contribution >= 0.6 is 0 Å². The summed E-state index contributed by atoms with van der Waals surface area (Å²) in [7, 11) is 0. The van der Waals surface area contributed by atoms with Crippen molar-refractivity contribution in [2.75, 3.05) is 24.7 Å². The van der Waals surface area contributed by atoms with Gasteiger partial charge in [-0.3, -0.25) is 4.79 Å². The number of amides is 1. The average Bonchev–Trinajstić information content (AvgIpc) is 2.53. The fourth-order valence-electron chi connectivity index (χ4n) is 2.36. The van der Waals surface area contributed by atoms with Crippen molar-refractivity contribution in [3.63, 3.8) is 0 Å². The molecule has 1 atom stereocenters. The molecule has 1 aromatic rings. The highest BCUT2D eigenvalue weighted by Gasteiger charge is 2.27. The summed E-state index contributed by atoms with van der Waals surface area (Å²) < 4.78 is 5.48. The van der Waals surface area contributed by atoms with Crippen molar-refractivity contribution < 1.29 is 24.5 Å². The predicted octanol–water partition coefficient (Wildman–Crippen LogP) is 1.28. The van der Waals surface area contributed by atoms with E-state index >= 15 is 0 Å². The molecule has 1 saturated heterocycles. The molecule has 0 aromatic heterocycles. The maximum absolute atomic E-state index is 12.5. The fraction of sp³-hybridized carbons (Fsp3) is 0.467. The summed E-state index contributed by atoms with van der Waals surface area (Å²) in [5.74, 6) is -1.20. The minimum atomic E-state index is -1.02. The number of carbonyl (C=O) groups excluding carboxylic acids is 1. The van der Waals surface area contributed by atoms with Crippen molar-refractivity contribution in [3.05, 3.63) is 29.8 Å². The lowest BCUT2D eigenvalue weighted by Gasteiger charge is -2.29. The molecule has 6 heteroatoms. The van der Waals surface area contributed by atoms with E-state index in [1.807, 2.05) is 0 Å². The molecule has 6 nitrogen and oxygen atoms in total. The number of anilines is 1. The van der Waals surface area contributed by atoms with Gasteiger partial charge in [-0.15, -0.1) is 0 Å². The Morgan fingerprint density at radius 3 is 2.48 bits per heavy atom. The molecule has 0 spiro atoms. The largest absolute Gasteiger partial charge is 0.478 e. The lowest BCUT2D eigenvalue weighted by Crippen LogP contribution is -2.43. The summed E-state index contributed by atoms with van der Waals surface area (Å²) in [5, 5.41) is 18.0. The first-order chi connectivity index (χ1) is 10.1. The quantitative estimate of drug-likeness (QED) is 0.854. The molecule has 1 aromatic carbocycles. The molecule has 1 aliphatic heterocycles. The first-order valence-electron chi connectivity index (χ1n) is 7.00. The van der Waals surface area contributed by atoms with Crippen LogP contribution in [0.4, 0.5) is 5.69 Å². The van der Waals surface area contributed by atoms with Gasteiger partial charge in [-0.2, -0.15) is 0 Å². The monoisotopic (exact) mass is 293 g/mol. The standard InChI is InChI=1S/C15H19NO5/c17-9-8-16(14(18)13-3-1-2-10-21-13)12-6-4-11(5-7-12)15(19)20/h4-7,13,17H,1-3,8-10H2,(H,19,20). The Hall–Kier alpha value is -1.92. The number of hydrogen-bond acceptors (Lipinski definition) is 4. The Labute approximate surface area is 122 Å². The molecule has 114 valence electrons. The molecular weight excluding hydrogens is 274 g/mol. The summed E-state index contributed by atoms with van der Waals surface area (Å²) >= 11 is 0. The van der Waals surface area contributed by atoms with Gasteiger partial charge in [-0.25, -0.2) is 4.79 Å². The van der Waals surface area contributed by atoms with E-state index in [9.17, 15) is 9.59 Å². The first kappa shape index (κ1) is 15.5. The number of rotatable bonds is 5. The van der Waals surface area contributed by atoms with Crippen LogP contribution in [0.25, 0.3) is 0 Å². The topological polar surface area (TPSA) is 87.1 Å². The zero-order chi connectivity index (χ0) is 15.2. The number of nitrogens with zero attached hydrogens (tertiary/aromatic N) is 1. The molecule has 1 aliphatic rings. The Bertz CT molecular complexity index is 493. The molecule has 1 unspecified atom stereocenters. The molecule has 2 N–H and O–H groups in total. The van der Waals surface area contributed by atoms with Crippen molar-refractivity contribution >= 4 is 17.6 Å². The summed E-state index contributed by atoms with van der Waals surface area (Å²) in [6.07, 6.45) is 2.09. The van der Waals surface area contributed by atoms with Crippen LogP contribution in [-0.2, 0) is 9.53 Å². The molecule has 0 aliphatic carbocycles. The Morgan fingerprint density at radius 1 is 1.24 bits per heavy atom. The summed E-state index contributed by atoms with van der Waals surface area (Å²) in [6.45, 7) is 0.561. The lowest BCUT2D eigenvalue weighted by atomic mass is 10.1. The van der Waals surface area contributed by atoms with E-state index in [4.69, 9.17) is 14.9 Å². The van der Waals surface area contributed by atoms with E-state index in [1.54, 1.807) is 12.1 Å². The second-order valence-electron chi connectivity index (χ2n) is 4.92. The first-order valence-corrected chi connectivity index (χ1v) is 7.00. The number of aliphatic hydroxyl groups excluding tert-OH is 1. The number of benzene rings is 1. The maximum atomic E-state index is 12.5. The van der Waals surface area contributed by atoms with Gasteiger partial charge in [0, 0.05) is 18.8 Å². The molecular formula is C15H19NO5. The molecule has 0 radical (unpaired) electrons. The number of aromatic carboxylic acids is 1. The van der Waals surface area contributed by atoms with Crippen molar-refractivity contribution in [3.8, 4) is 0 Å². The number of hydrogen-bond donors (Lipinski definition) is 2. The van der Waals surface area contributed by atoms with Crippen LogP contribution in [0.15, 0.2) is 24.3 Å². The number of carboxylic acids is 1. The predicted molar refractivity (Wildman–Crippen MR) is 76.4 cm³/mol. The van der Waals surface area contributed by atoms with Crippen LogP contribution in [-0.4, -0.2) is 48.0 Å². The smallest absolute Gasteiger partial charge is 0.335 e. The zero-order valence-corrected chi connectivity index (χ0v) is 11.7. The molecule has 1 fully saturated rings. The van der Waals surface area contributed by atoms with Gasteiger partial charge in [-0.05, 0) is 43.5 Å².